The first-order chi connectivity index (χ1) is 5.75. The van der Waals surface area contributed by atoms with Gasteiger partial charge in [0.05, 0.1) is 0 Å². The second kappa shape index (κ2) is 4.24. The molecule has 0 unspecified atom stereocenters. The van der Waals surface area contributed by atoms with Gasteiger partial charge in [0.1, 0.15) is 0 Å². The first-order valence-corrected chi connectivity index (χ1v) is 4.26. The lowest BCUT2D eigenvalue weighted by Crippen LogP contribution is -2.25. The highest BCUT2D eigenvalue weighted by Gasteiger charge is 2.11. The fourth-order valence-electron chi connectivity index (χ4n) is 1.15. The van der Waals surface area contributed by atoms with E-state index in [0.717, 1.165) is 5.56 Å². The standard InChI is InChI=1S/C10H16N2/c1-8(7-11)10(12)9-5-3-2-4-6-9/h2-6,8,10H,7,11-12H2,1H3/t8-,10+/m1/s1. The van der Waals surface area contributed by atoms with Crippen molar-refractivity contribution < 1.29 is 0 Å². The van der Waals surface area contributed by atoms with Crippen LogP contribution in [0.3, 0.4) is 0 Å². The van der Waals surface area contributed by atoms with Gasteiger partial charge in [-0.3, -0.25) is 0 Å². The van der Waals surface area contributed by atoms with Crippen molar-refractivity contribution in [1.82, 2.24) is 0 Å². The van der Waals surface area contributed by atoms with Crippen molar-refractivity contribution in [1.29, 1.82) is 0 Å². The summed E-state index contributed by atoms with van der Waals surface area (Å²) in [7, 11) is 0. The number of nitrogens with two attached hydrogens (primary N) is 2. The van der Waals surface area contributed by atoms with Gasteiger partial charge in [0, 0.05) is 6.04 Å². The van der Waals surface area contributed by atoms with E-state index in [-0.39, 0.29) is 6.04 Å². The summed E-state index contributed by atoms with van der Waals surface area (Å²) in [5, 5.41) is 0. The summed E-state index contributed by atoms with van der Waals surface area (Å²) in [5.41, 5.74) is 12.7. The zero-order chi connectivity index (χ0) is 8.97. The first kappa shape index (κ1) is 9.23. The summed E-state index contributed by atoms with van der Waals surface area (Å²) in [6.07, 6.45) is 0. The van der Waals surface area contributed by atoms with E-state index in [1.807, 2.05) is 30.3 Å². The summed E-state index contributed by atoms with van der Waals surface area (Å²) in [4.78, 5) is 0. The summed E-state index contributed by atoms with van der Waals surface area (Å²) in [6.45, 7) is 2.70. The third-order valence-electron chi connectivity index (χ3n) is 2.17. The van der Waals surface area contributed by atoms with Crippen molar-refractivity contribution in [2.75, 3.05) is 6.54 Å². The minimum Gasteiger partial charge on any atom is -0.330 e. The SMILES string of the molecule is C[C@H](CN)[C@H](N)c1ccccc1. The molecular weight excluding hydrogens is 148 g/mol. The second-order valence-electron chi connectivity index (χ2n) is 3.15. The molecule has 0 aliphatic carbocycles. The largest absolute Gasteiger partial charge is 0.330 e. The Hall–Kier alpha value is -0.860. The third-order valence-corrected chi connectivity index (χ3v) is 2.17. The molecule has 2 nitrogen and oxygen atoms in total. The Balaban J connectivity index is 2.71. The van der Waals surface area contributed by atoms with Crippen LogP contribution in [-0.4, -0.2) is 6.54 Å². The Morgan fingerprint density at radius 2 is 1.83 bits per heavy atom. The molecule has 0 fully saturated rings. The first-order valence-electron chi connectivity index (χ1n) is 4.26. The average Bonchev–Trinajstić information content (AvgIpc) is 2.17. The molecule has 4 N–H and O–H groups in total. The maximum atomic E-state index is 5.97. The quantitative estimate of drug-likeness (QED) is 0.707. The van der Waals surface area contributed by atoms with Crippen LogP contribution in [0.5, 0.6) is 0 Å². The molecule has 0 aliphatic rings. The second-order valence-corrected chi connectivity index (χ2v) is 3.15. The van der Waals surface area contributed by atoms with Crippen LogP contribution in [0.25, 0.3) is 0 Å². The smallest absolute Gasteiger partial charge is 0.0332 e. The molecule has 0 aliphatic heterocycles. The van der Waals surface area contributed by atoms with Gasteiger partial charge in [-0.15, -0.1) is 0 Å². The Bertz CT molecular complexity index is 221. The van der Waals surface area contributed by atoms with E-state index in [0.29, 0.717) is 12.5 Å². The van der Waals surface area contributed by atoms with Gasteiger partial charge in [-0.25, -0.2) is 0 Å². The van der Waals surface area contributed by atoms with Crippen LogP contribution in [0.15, 0.2) is 30.3 Å². The van der Waals surface area contributed by atoms with Crippen LogP contribution >= 0.6 is 0 Å². The van der Waals surface area contributed by atoms with Crippen LogP contribution in [0.2, 0.25) is 0 Å². The summed E-state index contributed by atoms with van der Waals surface area (Å²) in [6, 6.07) is 10.1. The molecule has 12 heavy (non-hydrogen) atoms. The lowest BCUT2D eigenvalue weighted by molar-refractivity contribution is 0.481. The molecule has 1 rings (SSSR count). The van der Waals surface area contributed by atoms with Crippen molar-refractivity contribution >= 4 is 0 Å². The zero-order valence-corrected chi connectivity index (χ0v) is 7.40. The Morgan fingerprint density at radius 1 is 1.25 bits per heavy atom. The Labute approximate surface area is 73.6 Å². The fraction of sp³-hybridized carbons (Fsp3) is 0.400. The van der Waals surface area contributed by atoms with Gasteiger partial charge in [0.15, 0.2) is 0 Å². The Morgan fingerprint density at radius 3 is 2.33 bits per heavy atom. The zero-order valence-electron chi connectivity index (χ0n) is 7.40. The van der Waals surface area contributed by atoms with E-state index in [1.54, 1.807) is 0 Å². The molecule has 0 saturated carbocycles. The van der Waals surface area contributed by atoms with Crippen LogP contribution < -0.4 is 11.5 Å². The van der Waals surface area contributed by atoms with Crippen molar-refractivity contribution in [3.63, 3.8) is 0 Å². The third kappa shape index (κ3) is 2.06. The predicted octanol–water partition coefficient (Wildman–Crippen LogP) is 1.28. The minimum absolute atomic E-state index is 0.0659. The van der Waals surface area contributed by atoms with Gasteiger partial charge in [-0.1, -0.05) is 37.3 Å². The van der Waals surface area contributed by atoms with E-state index >= 15 is 0 Å². The normalized spacial score (nSPS) is 15.6. The molecule has 0 radical (unpaired) electrons. The molecule has 2 atom stereocenters. The molecule has 0 amide bonds. The number of hydrogen-bond donors (Lipinski definition) is 2. The van der Waals surface area contributed by atoms with E-state index in [1.165, 1.54) is 0 Å². The van der Waals surface area contributed by atoms with E-state index in [9.17, 15) is 0 Å². The van der Waals surface area contributed by atoms with Crippen LogP contribution in [0, 0.1) is 5.92 Å². The predicted molar refractivity (Wildman–Crippen MR) is 51.6 cm³/mol. The number of rotatable bonds is 3. The summed E-state index contributed by atoms with van der Waals surface area (Å²) >= 11 is 0. The van der Waals surface area contributed by atoms with Gasteiger partial charge < -0.3 is 11.5 Å². The van der Waals surface area contributed by atoms with E-state index in [2.05, 4.69) is 6.92 Å². The monoisotopic (exact) mass is 164 g/mol. The molecule has 0 heterocycles. The highest BCUT2D eigenvalue weighted by atomic mass is 14.7. The Kier molecular flexibility index (Phi) is 3.26. The molecular formula is C10H16N2. The van der Waals surface area contributed by atoms with Gasteiger partial charge in [0.25, 0.3) is 0 Å². The van der Waals surface area contributed by atoms with E-state index in [4.69, 9.17) is 11.5 Å². The molecule has 0 bridgehead atoms. The maximum absolute atomic E-state index is 5.97. The molecule has 1 aromatic carbocycles. The highest BCUT2D eigenvalue weighted by molar-refractivity contribution is 5.18. The summed E-state index contributed by atoms with van der Waals surface area (Å²) < 4.78 is 0. The van der Waals surface area contributed by atoms with E-state index < -0.39 is 0 Å². The fourth-order valence-corrected chi connectivity index (χ4v) is 1.15. The topological polar surface area (TPSA) is 52.0 Å². The van der Waals surface area contributed by atoms with Crippen molar-refractivity contribution in [3.05, 3.63) is 35.9 Å². The highest BCUT2D eigenvalue weighted by Crippen LogP contribution is 2.17. The van der Waals surface area contributed by atoms with Gasteiger partial charge in [-0.2, -0.15) is 0 Å². The molecule has 2 heteroatoms. The molecule has 0 saturated heterocycles. The lowest BCUT2D eigenvalue weighted by atomic mass is 9.96. The average molecular weight is 164 g/mol. The molecule has 1 aromatic rings. The van der Waals surface area contributed by atoms with Crippen molar-refractivity contribution in [3.8, 4) is 0 Å². The van der Waals surface area contributed by atoms with Crippen LogP contribution in [-0.2, 0) is 0 Å². The molecule has 0 aromatic heterocycles. The van der Waals surface area contributed by atoms with Gasteiger partial charge in [-0.05, 0) is 18.0 Å². The molecule has 0 spiro atoms. The van der Waals surface area contributed by atoms with Crippen LogP contribution in [0.1, 0.15) is 18.5 Å². The van der Waals surface area contributed by atoms with Crippen molar-refractivity contribution in [2.24, 2.45) is 17.4 Å². The van der Waals surface area contributed by atoms with Crippen molar-refractivity contribution in [2.45, 2.75) is 13.0 Å². The molecule has 66 valence electrons. The maximum Gasteiger partial charge on any atom is 0.0332 e. The number of hydrogen-bond acceptors (Lipinski definition) is 2. The van der Waals surface area contributed by atoms with Gasteiger partial charge >= 0.3 is 0 Å². The minimum atomic E-state index is 0.0659. The summed E-state index contributed by atoms with van der Waals surface area (Å²) in [5.74, 6) is 0.340. The van der Waals surface area contributed by atoms with Crippen LogP contribution in [0.4, 0.5) is 0 Å². The lowest BCUT2D eigenvalue weighted by Gasteiger charge is -2.18. The number of benzene rings is 1. The van der Waals surface area contributed by atoms with Gasteiger partial charge in [0.2, 0.25) is 0 Å².